The molecule has 1 aliphatic rings. The van der Waals surface area contributed by atoms with Gasteiger partial charge in [0.15, 0.2) is 0 Å². The lowest BCUT2D eigenvalue weighted by Gasteiger charge is -2.18. The quantitative estimate of drug-likeness (QED) is 0.682. The Hall–Kier alpha value is -0.710. The molecule has 0 aromatic carbocycles. The Bertz CT molecular complexity index is 236. The van der Waals surface area contributed by atoms with E-state index in [2.05, 4.69) is 4.74 Å². The van der Waals surface area contributed by atoms with Crippen molar-refractivity contribution in [2.45, 2.75) is 24.5 Å². The van der Waals surface area contributed by atoms with Gasteiger partial charge in [-0.05, 0) is 18.6 Å². The number of hydrogen-bond donors (Lipinski definition) is 0. The summed E-state index contributed by atoms with van der Waals surface area (Å²) in [5.41, 5.74) is 0. The summed E-state index contributed by atoms with van der Waals surface area (Å²) < 4.78 is 9.29. The Morgan fingerprint density at radius 3 is 2.60 bits per heavy atom. The first-order valence-corrected chi connectivity index (χ1v) is 6.00. The molecule has 0 radical (unpaired) electrons. The molecule has 0 aromatic heterocycles. The number of methoxy groups -OCH3 is 2. The Kier molecular flexibility index (Phi) is 4.94. The fraction of sp³-hybridized carbons (Fsp3) is 0.800. The maximum absolute atomic E-state index is 11.5. The summed E-state index contributed by atoms with van der Waals surface area (Å²) in [4.78, 5) is 22.7. The van der Waals surface area contributed by atoms with Gasteiger partial charge < -0.3 is 9.47 Å². The van der Waals surface area contributed by atoms with E-state index in [1.165, 1.54) is 14.2 Å². The summed E-state index contributed by atoms with van der Waals surface area (Å²) in [7, 11) is 2.69. The zero-order chi connectivity index (χ0) is 11.3. The molecule has 1 saturated heterocycles. The highest BCUT2D eigenvalue weighted by atomic mass is 32.2. The summed E-state index contributed by atoms with van der Waals surface area (Å²) >= 11 is 1.74. The van der Waals surface area contributed by atoms with Gasteiger partial charge in [-0.3, -0.25) is 9.59 Å². The molecule has 0 amide bonds. The first kappa shape index (κ1) is 12.4. The topological polar surface area (TPSA) is 52.6 Å². The van der Waals surface area contributed by atoms with Gasteiger partial charge in [0.1, 0.15) is 0 Å². The van der Waals surface area contributed by atoms with E-state index in [0.717, 1.165) is 18.6 Å². The maximum atomic E-state index is 11.5. The number of esters is 2. The third-order valence-corrected chi connectivity index (χ3v) is 4.05. The van der Waals surface area contributed by atoms with Crippen LogP contribution in [0.2, 0.25) is 0 Å². The average molecular weight is 232 g/mol. The Labute approximate surface area is 93.7 Å². The normalized spacial score (nSPS) is 22.1. The van der Waals surface area contributed by atoms with Crippen LogP contribution in [0.3, 0.4) is 0 Å². The van der Waals surface area contributed by atoms with E-state index < -0.39 is 0 Å². The molecule has 0 spiro atoms. The van der Waals surface area contributed by atoms with Gasteiger partial charge in [0.25, 0.3) is 0 Å². The first-order valence-electron chi connectivity index (χ1n) is 4.95. The molecule has 0 aliphatic carbocycles. The molecule has 0 aromatic rings. The molecule has 86 valence electrons. The third-order valence-electron chi connectivity index (χ3n) is 2.53. The minimum Gasteiger partial charge on any atom is -0.469 e. The lowest BCUT2D eigenvalue weighted by molar-refractivity contribution is -0.152. The molecule has 4 nitrogen and oxygen atoms in total. The Balaban J connectivity index is 2.59. The van der Waals surface area contributed by atoms with E-state index in [1.54, 1.807) is 11.8 Å². The van der Waals surface area contributed by atoms with Gasteiger partial charge in [0.2, 0.25) is 0 Å². The van der Waals surface area contributed by atoms with Gasteiger partial charge in [-0.2, -0.15) is 11.8 Å². The van der Waals surface area contributed by atoms with Gasteiger partial charge in [0, 0.05) is 5.25 Å². The lowest BCUT2D eigenvalue weighted by Crippen LogP contribution is -2.28. The Morgan fingerprint density at radius 1 is 1.40 bits per heavy atom. The summed E-state index contributed by atoms with van der Waals surface area (Å²) in [5, 5.41) is 0.205. The second kappa shape index (κ2) is 6.00. The van der Waals surface area contributed by atoms with Crippen molar-refractivity contribution >= 4 is 23.7 Å². The van der Waals surface area contributed by atoms with Crippen molar-refractivity contribution in [1.29, 1.82) is 0 Å². The molecule has 2 unspecified atom stereocenters. The number of ether oxygens (including phenoxy) is 2. The summed E-state index contributed by atoms with van der Waals surface area (Å²) in [6, 6.07) is 0. The van der Waals surface area contributed by atoms with E-state index in [4.69, 9.17) is 4.74 Å². The zero-order valence-electron chi connectivity index (χ0n) is 9.02. The molecule has 1 fully saturated rings. The van der Waals surface area contributed by atoms with E-state index in [9.17, 15) is 9.59 Å². The fourth-order valence-corrected chi connectivity index (χ4v) is 3.11. The molecule has 1 rings (SSSR count). The summed E-state index contributed by atoms with van der Waals surface area (Å²) in [5.74, 6) is 0.0481. The van der Waals surface area contributed by atoms with Crippen molar-refractivity contribution in [2.75, 3.05) is 20.0 Å². The third kappa shape index (κ3) is 3.41. The van der Waals surface area contributed by atoms with Gasteiger partial charge >= 0.3 is 11.9 Å². The standard InChI is InChI=1S/C10H16O4S/c1-13-9(11)6-7(10(12)14-2)8-4-3-5-15-8/h7-8H,3-6H2,1-2H3. The van der Waals surface area contributed by atoms with Crippen molar-refractivity contribution in [3.05, 3.63) is 0 Å². The Morgan fingerprint density at radius 2 is 2.13 bits per heavy atom. The molecule has 15 heavy (non-hydrogen) atoms. The maximum Gasteiger partial charge on any atom is 0.310 e. The van der Waals surface area contributed by atoms with Crippen molar-refractivity contribution < 1.29 is 19.1 Å². The van der Waals surface area contributed by atoms with E-state index in [0.29, 0.717) is 0 Å². The number of carbonyl (C=O) groups is 2. The smallest absolute Gasteiger partial charge is 0.310 e. The molecular formula is C10H16O4S. The van der Waals surface area contributed by atoms with Crippen LogP contribution in [-0.4, -0.2) is 37.2 Å². The van der Waals surface area contributed by atoms with E-state index in [-0.39, 0.29) is 29.5 Å². The fourth-order valence-electron chi connectivity index (χ4n) is 1.70. The summed E-state index contributed by atoms with van der Waals surface area (Å²) in [6.45, 7) is 0. The minimum atomic E-state index is -0.352. The van der Waals surface area contributed by atoms with Gasteiger partial charge in [-0.25, -0.2) is 0 Å². The van der Waals surface area contributed by atoms with Crippen LogP contribution in [0.5, 0.6) is 0 Å². The molecule has 0 saturated carbocycles. The molecule has 2 atom stereocenters. The van der Waals surface area contributed by atoms with Gasteiger partial charge in [0.05, 0.1) is 26.6 Å². The molecule has 1 heterocycles. The number of carbonyl (C=O) groups excluding carboxylic acids is 2. The predicted molar refractivity (Wildman–Crippen MR) is 57.6 cm³/mol. The SMILES string of the molecule is COC(=O)CC(C(=O)OC)C1CCCS1. The second-order valence-electron chi connectivity index (χ2n) is 3.46. The van der Waals surface area contributed by atoms with Crippen LogP contribution in [0.4, 0.5) is 0 Å². The predicted octanol–water partition coefficient (Wildman–Crippen LogP) is 1.23. The van der Waals surface area contributed by atoms with Crippen LogP contribution >= 0.6 is 11.8 Å². The number of rotatable bonds is 4. The van der Waals surface area contributed by atoms with Crippen LogP contribution in [-0.2, 0) is 19.1 Å². The molecule has 0 bridgehead atoms. The van der Waals surface area contributed by atoms with Crippen molar-refractivity contribution in [3.8, 4) is 0 Å². The second-order valence-corrected chi connectivity index (χ2v) is 4.81. The monoisotopic (exact) mass is 232 g/mol. The first-order chi connectivity index (χ1) is 7.19. The zero-order valence-corrected chi connectivity index (χ0v) is 9.84. The number of hydrogen-bond acceptors (Lipinski definition) is 5. The minimum absolute atomic E-state index is 0.126. The van der Waals surface area contributed by atoms with Crippen LogP contribution < -0.4 is 0 Å². The molecular weight excluding hydrogens is 216 g/mol. The lowest BCUT2D eigenvalue weighted by atomic mass is 9.98. The van der Waals surface area contributed by atoms with Crippen molar-refractivity contribution in [3.63, 3.8) is 0 Å². The van der Waals surface area contributed by atoms with Crippen molar-refractivity contribution in [1.82, 2.24) is 0 Å². The highest BCUT2D eigenvalue weighted by Crippen LogP contribution is 2.34. The van der Waals surface area contributed by atoms with E-state index >= 15 is 0 Å². The highest BCUT2D eigenvalue weighted by Gasteiger charge is 2.34. The van der Waals surface area contributed by atoms with Crippen molar-refractivity contribution in [2.24, 2.45) is 5.92 Å². The average Bonchev–Trinajstić information content (AvgIpc) is 2.77. The molecule has 1 aliphatic heterocycles. The highest BCUT2D eigenvalue weighted by molar-refractivity contribution is 8.00. The van der Waals surface area contributed by atoms with Crippen LogP contribution in [0.1, 0.15) is 19.3 Å². The van der Waals surface area contributed by atoms with Gasteiger partial charge in [-0.1, -0.05) is 0 Å². The molecule has 0 N–H and O–H groups in total. The largest absolute Gasteiger partial charge is 0.469 e. The van der Waals surface area contributed by atoms with Crippen LogP contribution in [0.15, 0.2) is 0 Å². The van der Waals surface area contributed by atoms with E-state index in [1.807, 2.05) is 0 Å². The van der Waals surface area contributed by atoms with Gasteiger partial charge in [-0.15, -0.1) is 0 Å². The summed E-state index contributed by atoms with van der Waals surface area (Å²) in [6.07, 6.45) is 2.20. The molecule has 5 heteroatoms. The van der Waals surface area contributed by atoms with Crippen LogP contribution in [0.25, 0.3) is 0 Å². The number of thioether (sulfide) groups is 1. The van der Waals surface area contributed by atoms with Crippen LogP contribution in [0, 0.1) is 5.92 Å².